The van der Waals surface area contributed by atoms with E-state index in [1.54, 1.807) is 21.6 Å². The summed E-state index contributed by atoms with van der Waals surface area (Å²) in [6.45, 7) is 5.25. The topological polar surface area (TPSA) is 78.1 Å². The second kappa shape index (κ2) is 7.05. The Morgan fingerprint density at radius 3 is 2.89 bits per heavy atom. The monoisotopic (exact) mass is 370 g/mol. The molecular weight excluding hydrogens is 344 g/mol. The zero-order chi connectivity index (χ0) is 19.0. The van der Waals surface area contributed by atoms with Gasteiger partial charge < -0.3 is 10.0 Å². The molecular formula is C20H26N4O3. The fourth-order valence-electron chi connectivity index (χ4n) is 4.52. The van der Waals surface area contributed by atoms with Crippen LogP contribution in [0, 0.1) is 12.3 Å². The van der Waals surface area contributed by atoms with Crippen LogP contribution in [0.5, 0.6) is 0 Å². The first-order valence-corrected chi connectivity index (χ1v) is 9.62. The summed E-state index contributed by atoms with van der Waals surface area (Å²) in [5.41, 5.74) is 2.06. The Hall–Kier alpha value is -2.25. The third-order valence-corrected chi connectivity index (χ3v) is 5.89. The number of hydrogen-bond donors (Lipinski definition) is 1. The van der Waals surface area contributed by atoms with Crippen molar-refractivity contribution in [3.05, 3.63) is 46.0 Å². The van der Waals surface area contributed by atoms with Crippen molar-refractivity contribution >= 4 is 11.6 Å². The Morgan fingerprint density at radius 2 is 2.07 bits per heavy atom. The molecule has 2 saturated heterocycles. The van der Waals surface area contributed by atoms with E-state index in [0.717, 1.165) is 43.6 Å². The summed E-state index contributed by atoms with van der Waals surface area (Å²) in [6, 6.07) is 5.40. The highest BCUT2D eigenvalue weighted by molar-refractivity contribution is 5.84. The Balaban J connectivity index is 1.52. The molecule has 1 amide bonds. The van der Waals surface area contributed by atoms with Crippen molar-refractivity contribution in [2.75, 3.05) is 32.8 Å². The van der Waals surface area contributed by atoms with Crippen LogP contribution in [-0.2, 0) is 11.3 Å². The fraction of sp³-hybridized carbons (Fsp3) is 0.550. The number of β-amino-alcohol motifs (C(OH)–C–C–N with tert-alkyl or cyclic N) is 1. The van der Waals surface area contributed by atoms with E-state index in [9.17, 15) is 14.7 Å². The van der Waals surface area contributed by atoms with Gasteiger partial charge in [-0.1, -0.05) is 0 Å². The molecule has 0 saturated carbocycles. The summed E-state index contributed by atoms with van der Waals surface area (Å²) in [4.78, 5) is 34.0. The molecule has 0 unspecified atom stereocenters. The van der Waals surface area contributed by atoms with Crippen LogP contribution in [0.1, 0.15) is 30.5 Å². The number of likely N-dealkylation sites (tertiary alicyclic amines) is 2. The number of amides is 1. The Morgan fingerprint density at radius 1 is 1.22 bits per heavy atom. The molecule has 0 bridgehead atoms. The third-order valence-electron chi connectivity index (χ3n) is 5.89. The quantitative estimate of drug-likeness (QED) is 0.862. The molecule has 2 aliphatic rings. The van der Waals surface area contributed by atoms with E-state index in [4.69, 9.17) is 0 Å². The highest BCUT2D eigenvalue weighted by Gasteiger charge is 2.48. The molecule has 27 heavy (non-hydrogen) atoms. The van der Waals surface area contributed by atoms with E-state index in [0.29, 0.717) is 25.3 Å². The van der Waals surface area contributed by atoms with E-state index in [1.807, 2.05) is 19.1 Å². The summed E-state index contributed by atoms with van der Waals surface area (Å²) in [6.07, 6.45) is 4.47. The van der Waals surface area contributed by atoms with E-state index in [1.165, 1.54) is 0 Å². The van der Waals surface area contributed by atoms with Gasteiger partial charge in [0.25, 0.3) is 5.56 Å². The molecule has 2 fully saturated rings. The molecule has 1 atom stereocenters. The van der Waals surface area contributed by atoms with Crippen molar-refractivity contribution < 1.29 is 9.90 Å². The van der Waals surface area contributed by atoms with Crippen molar-refractivity contribution in [1.82, 2.24) is 19.2 Å². The van der Waals surface area contributed by atoms with E-state index in [-0.39, 0.29) is 23.5 Å². The minimum absolute atomic E-state index is 0.00983. The number of piperidine rings is 1. The first kappa shape index (κ1) is 18.1. The van der Waals surface area contributed by atoms with Gasteiger partial charge in [-0.25, -0.2) is 4.98 Å². The van der Waals surface area contributed by atoms with Crippen molar-refractivity contribution in [3.8, 4) is 0 Å². The van der Waals surface area contributed by atoms with Gasteiger partial charge in [-0.3, -0.25) is 18.9 Å². The van der Waals surface area contributed by atoms with Crippen LogP contribution in [0.3, 0.4) is 0 Å². The van der Waals surface area contributed by atoms with Gasteiger partial charge in [0, 0.05) is 38.4 Å². The summed E-state index contributed by atoms with van der Waals surface area (Å²) in [5, 5.41) is 9.20. The molecule has 4 heterocycles. The molecule has 0 aromatic carbocycles. The van der Waals surface area contributed by atoms with Gasteiger partial charge in [-0.15, -0.1) is 0 Å². The van der Waals surface area contributed by atoms with E-state index >= 15 is 0 Å². The van der Waals surface area contributed by atoms with Crippen LogP contribution in [0.15, 0.2) is 29.2 Å². The summed E-state index contributed by atoms with van der Waals surface area (Å²) < 4.78 is 1.55. The number of carbonyl (C=O) groups excluding carboxylic acids is 1. The van der Waals surface area contributed by atoms with Crippen LogP contribution >= 0.6 is 0 Å². The lowest BCUT2D eigenvalue weighted by Gasteiger charge is -2.39. The van der Waals surface area contributed by atoms with Gasteiger partial charge >= 0.3 is 0 Å². The van der Waals surface area contributed by atoms with Crippen molar-refractivity contribution in [1.29, 1.82) is 0 Å². The SMILES string of the molecule is Cc1ccn2c(=O)cc(CN3CC[C@@]4(CCCN(CCO)C4=O)C3)nc2c1. The van der Waals surface area contributed by atoms with Gasteiger partial charge in [-0.2, -0.15) is 0 Å². The fourth-order valence-corrected chi connectivity index (χ4v) is 4.52. The average molecular weight is 370 g/mol. The van der Waals surface area contributed by atoms with Crippen LogP contribution in [-0.4, -0.2) is 63.0 Å². The molecule has 0 radical (unpaired) electrons. The standard InChI is InChI=1S/C20H26N4O3/c1-15-3-7-24-17(11-15)21-16(12-18(24)26)13-22-8-5-20(14-22)4-2-6-23(9-10-25)19(20)27/h3,7,11-12,25H,2,4-6,8-10,13-14H2,1H3/t20-/m0/s1. The molecule has 7 nitrogen and oxygen atoms in total. The second-order valence-corrected chi connectivity index (χ2v) is 7.88. The average Bonchev–Trinajstić information content (AvgIpc) is 3.02. The minimum atomic E-state index is -0.337. The smallest absolute Gasteiger partial charge is 0.258 e. The third kappa shape index (κ3) is 3.37. The van der Waals surface area contributed by atoms with Crippen LogP contribution in [0.4, 0.5) is 0 Å². The van der Waals surface area contributed by atoms with Crippen molar-refractivity contribution in [2.24, 2.45) is 5.41 Å². The number of pyridine rings is 1. The number of aliphatic hydroxyl groups is 1. The second-order valence-electron chi connectivity index (χ2n) is 7.88. The van der Waals surface area contributed by atoms with Crippen LogP contribution in [0.25, 0.3) is 5.65 Å². The lowest BCUT2D eigenvalue weighted by molar-refractivity contribution is -0.146. The number of aromatic nitrogens is 2. The maximum absolute atomic E-state index is 12.9. The summed E-state index contributed by atoms with van der Waals surface area (Å²) >= 11 is 0. The molecule has 0 aliphatic carbocycles. The highest BCUT2D eigenvalue weighted by atomic mass is 16.3. The van der Waals surface area contributed by atoms with Crippen LogP contribution < -0.4 is 5.56 Å². The number of nitrogens with zero attached hydrogens (tertiary/aromatic N) is 4. The lowest BCUT2D eigenvalue weighted by atomic mass is 9.78. The van der Waals surface area contributed by atoms with Gasteiger partial charge in [0.1, 0.15) is 5.65 Å². The van der Waals surface area contributed by atoms with Crippen molar-refractivity contribution in [3.63, 3.8) is 0 Å². The number of aryl methyl sites for hydroxylation is 1. The molecule has 1 spiro atoms. The Bertz CT molecular complexity index is 923. The molecule has 144 valence electrons. The number of rotatable bonds is 4. The molecule has 2 aromatic rings. The Kier molecular flexibility index (Phi) is 4.74. The highest BCUT2D eigenvalue weighted by Crippen LogP contribution is 2.40. The zero-order valence-electron chi connectivity index (χ0n) is 15.7. The van der Waals surface area contributed by atoms with Gasteiger partial charge in [0.05, 0.1) is 17.7 Å². The first-order valence-electron chi connectivity index (χ1n) is 9.62. The largest absolute Gasteiger partial charge is 0.395 e. The predicted octanol–water partition coefficient (Wildman–Crippen LogP) is 0.810. The molecule has 2 aromatic heterocycles. The van der Waals surface area contributed by atoms with Gasteiger partial charge in [-0.05, 0) is 50.4 Å². The van der Waals surface area contributed by atoms with E-state index in [2.05, 4.69) is 9.88 Å². The van der Waals surface area contributed by atoms with Gasteiger partial charge in [0.15, 0.2) is 0 Å². The number of fused-ring (bicyclic) bond motifs is 1. The number of hydrogen-bond acceptors (Lipinski definition) is 5. The summed E-state index contributed by atoms with van der Waals surface area (Å²) in [7, 11) is 0. The first-order chi connectivity index (χ1) is 13.0. The lowest BCUT2D eigenvalue weighted by Crippen LogP contribution is -2.50. The zero-order valence-corrected chi connectivity index (χ0v) is 15.7. The molecule has 7 heteroatoms. The Labute approximate surface area is 158 Å². The normalized spacial score (nSPS) is 23.6. The molecule has 4 rings (SSSR count). The minimum Gasteiger partial charge on any atom is -0.395 e. The van der Waals surface area contributed by atoms with E-state index < -0.39 is 0 Å². The number of aliphatic hydroxyl groups excluding tert-OH is 1. The van der Waals surface area contributed by atoms with Crippen molar-refractivity contribution in [2.45, 2.75) is 32.7 Å². The molecule has 2 aliphatic heterocycles. The maximum atomic E-state index is 12.9. The van der Waals surface area contributed by atoms with Crippen LogP contribution in [0.2, 0.25) is 0 Å². The van der Waals surface area contributed by atoms with Gasteiger partial charge in [0.2, 0.25) is 5.91 Å². The maximum Gasteiger partial charge on any atom is 0.258 e. The molecule has 1 N–H and O–H groups in total. The predicted molar refractivity (Wildman–Crippen MR) is 101 cm³/mol. The summed E-state index contributed by atoms with van der Waals surface area (Å²) in [5.74, 6) is 0.174. The number of carbonyl (C=O) groups is 1.